The largest absolute Gasteiger partial charge is 0.380 e. The highest BCUT2D eigenvalue weighted by molar-refractivity contribution is 7.80. The smallest absolute Gasteiger partial charge is 0.185 e. The van der Waals surface area contributed by atoms with Gasteiger partial charge in [0.25, 0.3) is 0 Å². The molecule has 1 aromatic rings. The standard InChI is InChI=1S/C9H13N3OS/c1-13-6-7-3-2-4-8(5-7)11-9(14)12-10/h2-5H,6,10H2,1H3,(H2,11,12,14). The topological polar surface area (TPSA) is 59.3 Å². The van der Waals surface area contributed by atoms with Crippen molar-refractivity contribution in [2.45, 2.75) is 6.61 Å². The van der Waals surface area contributed by atoms with Gasteiger partial charge in [0.05, 0.1) is 6.61 Å². The van der Waals surface area contributed by atoms with Crippen LogP contribution in [0.5, 0.6) is 0 Å². The van der Waals surface area contributed by atoms with Crippen LogP contribution >= 0.6 is 12.2 Å². The van der Waals surface area contributed by atoms with Gasteiger partial charge < -0.3 is 15.5 Å². The van der Waals surface area contributed by atoms with Crippen LogP contribution in [0.15, 0.2) is 24.3 Å². The monoisotopic (exact) mass is 211 g/mol. The first kappa shape index (κ1) is 10.9. The van der Waals surface area contributed by atoms with Crippen LogP contribution in [-0.4, -0.2) is 12.2 Å². The van der Waals surface area contributed by atoms with Crippen molar-refractivity contribution >= 4 is 23.0 Å². The van der Waals surface area contributed by atoms with E-state index < -0.39 is 0 Å². The van der Waals surface area contributed by atoms with Crippen molar-refractivity contribution in [2.24, 2.45) is 5.84 Å². The van der Waals surface area contributed by atoms with Crippen LogP contribution in [0.25, 0.3) is 0 Å². The summed E-state index contributed by atoms with van der Waals surface area (Å²) in [4.78, 5) is 0. The van der Waals surface area contributed by atoms with Crippen molar-refractivity contribution < 1.29 is 4.74 Å². The highest BCUT2D eigenvalue weighted by Crippen LogP contribution is 2.10. The number of hydrogen-bond acceptors (Lipinski definition) is 3. The zero-order valence-corrected chi connectivity index (χ0v) is 8.73. The van der Waals surface area contributed by atoms with Crippen LogP contribution in [-0.2, 0) is 11.3 Å². The fraction of sp³-hybridized carbons (Fsp3) is 0.222. The molecule has 0 heterocycles. The highest BCUT2D eigenvalue weighted by Gasteiger charge is 1.96. The van der Waals surface area contributed by atoms with Gasteiger partial charge in [0.2, 0.25) is 0 Å². The quantitative estimate of drug-likeness (QED) is 0.395. The predicted octanol–water partition coefficient (Wildman–Crippen LogP) is 0.993. The molecule has 0 unspecified atom stereocenters. The summed E-state index contributed by atoms with van der Waals surface area (Å²) in [6, 6.07) is 7.76. The summed E-state index contributed by atoms with van der Waals surface area (Å²) >= 11 is 4.87. The summed E-state index contributed by atoms with van der Waals surface area (Å²) in [5.41, 5.74) is 4.33. The molecular weight excluding hydrogens is 198 g/mol. The van der Waals surface area contributed by atoms with E-state index in [0.29, 0.717) is 11.7 Å². The number of hydrogen-bond donors (Lipinski definition) is 3. The number of methoxy groups -OCH3 is 1. The number of benzene rings is 1. The first-order chi connectivity index (χ1) is 6.76. The third-order valence-electron chi connectivity index (χ3n) is 1.63. The van der Waals surface area contributed by atoms with E-state index in [1.807, 2.05) is 24.3 Å². The molecule has 0 spiro atoms. The van der Waals surface area contributed by atoms with E-state index in [9.17, 15) is 0 Å². The summed E-state index contributed by atoms with van der Waals surface area (Å²) in [6.45, 7) is 0.582. The zero-order chi connectivity index (χ0) is 10.4. The Hall–Kier alpha value is -1.17. The predicted molar refractivity (Wildman–Crippen MR) is 60.7 cm³/mol. The number of nitrogens with one attached hydrogen (secondary N) is 2. The molecule has 0 bridgehead atoms. The summed E-state index contributed by atoms with van der Waals surface area (Å²) in [6.07, 6.45) is 0. The maximum Gasteiger partial charge on any atom is 0.185 e. The average Bonchev–Trinajstić information content (AvgIpc) is 2.19. The molecule has 0 aromatic heterocycles. The van der Waals surface area contributed by atoms with E-state index in [0.717, 1.165) is 11.3 Å². The Morgan fingerprint density at radius 2 is 2.36 bits per heavy atom. The van der Waals surface area contributed by atoms with Crippen molar-refractivity contribution in [2.75, 3.05) is 12.4 Å². The molecule has 0 radical (unpaired) electrons. The Labute approximate surface area is 88.4 Å². The highest BCUT2D eigenvalue weighted by atomic mass is 32.1. The second-order valence-electron chi connectivity index (χ2n) is 2.73. The Morgan fingerprint density at radius 1 is 1.57 bits per heavy atom. The summed E-state index contributed by atoms with van der Waals surface area (Å²) in [7, 11) is 1.66. The molecule has 0 fully saturated rings. The first-order valence-corrected chi connectivity index (χ1v) is 4.52. The van der Waals surface area contributed by atoms with E-state index in [4.69, 9.17) is 22.8 Å². The van der Waals surface area contributed by atoms with Crippen LogP contribution in [0.2, 0.25) is 0 Å². The molecule has 0 saturated heterocycles. The van der Waals surface area contributed by atoms with Gasteiger partial charge in [-0.3, -0.25) is 0 Å². The Bertz CT molecular complexity index is 317. The molecule has 1 aromatic carbocycles. The second-order valence-corrected chi connectivity index (χ2v) is 3.14. The van der Waals surface area contributed by atoms with Crippen molar-refractivity contribution in [3.63, 3.8) is 0 Å². The zero-order valence-electron chi connectivity index (χ0n) is 7.91. The van der Waals surface area contributed by atoms with Crippen LogP contribution < -0.4 is 16.6 Å². The van der Waals surface area contributed by atoms with Gasteiger partial charge in [-0.2, -0.15) is 0 Å². The van der Waals surface area contributed by atoms with Gasteiger partial charge in [-0.05, 0) is 29.9 Å². The minimum Gasteiger partial charge on any atom is -0.380 e. The van der Waals surface area contributed by atoms with Gasteiger partial charge >= 0.3 is 0 Å². The lowest BCUT2D eigenvalue weighted by atomic mass is 10.2. The third-order valence-corrected chi connectivity index (χ3v) is 1.85. The summed E-state index contributed by atoms with van der Waals surface area (Å²) < 4.78 is 5.01. The number of anilines is 1. The molecule has 76 valence electrons. The lowest BCUT2D eigenvalue weighted by Crippen LogP contribution is -2.34. The number of rotatable bonds is 3. The van der Waals surface area contributed by atoms with Crippen LogP contribution in [0, 0.1) is 0 Å². The lowest BCUT2D eigenvalue weighted by Gasteiger charge is -2.08. The van der Waals surface area contributed by atoms with E-state index in [-0.39, 0.29) is 0 Å². The van der Waals surface area contributed by atoms with Gasteiger partial charge in [-0.1, -0.05) is 12.1 Å². The molecule has 4 N–H and O–H groups in total. The van der Waals surface area contributed by atoms with Gasteiger partial charge in [0.1, 0.15) is 0 Å². The Kier molecular flexibility index (Phi) is 4.31. The van der Waals surface area contributed by atoms with E-state index in [2.05, 4.69) is 10.7 Å². The minimum absolute atomic E-state index is 0.388. The molecule has 0 aliphatic carbocycles. The van der Waals surface area contributed by atoms with E-state index in [1.165, 1.54) is 0 Å². The molecule has 1 rings (SSSR count). The second kappa shape index (κ2) is 5.54. The number of thiocarbonyl (C=S) groups is 1. The van der Waals surface area contributed by atoms with Crippen molar-refractivity contribution in [1.82, 2.24) is 5.43 Å². The van der Waals surface area contributed by atoms with Gasteiger partial charge in [0, 0.05) is 12.8 Å². The summed E-state index contributed by atoms with van der Waals surface area (Å²) in [5, 5.41) is 3.32. The van der Waals surface area contributed by atoms with Gasteiger partial charge in [-0.15, -0.1) is 0 Å². The molecular formula is C9H13N3OS. The van der Waals surface area contributed by atoms with E-state index in [1.54, 1.807) is 7.11 Å². The molecule has 14 heavy (non-hydrogen) atoms. The Balaban J connectivity index is 2.68. The first-order valence-electron chi connectivity index (χ1n) is 4.11. The molecule has 0 saturated carbocycles. The van der Waals surface area contributed by atoms with Gasteiger partial charge in [0.15, 0.2) is 5.11 Å². The lowest BCUT2D eigenvalue weighted by molar-refractivity contribution is 0.185. The minimum atomic E-state index is 0.388. The molecule has 4 nitrogen and oxygen atoms in total. The van der Waals surface area contributed by atoms with Crippen LogP contribution in [0.4, 0.5) is 5.69 Å². The molecule has 0 aliphatic rings. The van der Waals surface area contributed by atoms with Gasteiger partial charge in [-0.25, -0.2) is 5.84 Å². The third kappa shape index (κ3) is 3.29. The number of ether oxygens (including phenoxy) is 1. The molecule has 0 atom stereocenters. The molecule has 5 heteroatoms. The van der Waals surface area contributed by atoms with Crippen molar-refractivity contribution in [1.29, 1.82) is 0 Å². The molecule has 0 amide bonds. The molecule has 0 aliphatic heterocycles. The normalized spacial score (nSPS) is 9.57. The fourth-order valence-corrected chi connectivity index (χ4v) is 1.19. The van der Waals surface area contributed by atoms with Crippen LogP contribution in [0.1, 0.15) is 5.56 Å². The summed E-state index contributed by atoms with van der Waals surface area (Å²) in [5.74, 6) is 5.14. The fourth-order valence-electron chi connectivity index (χ4n) is 1.07. The maximum absolute atomic E-state index is 5.14. The Morgan fingerprint density at radius 3 is 3.00 bits per heavy atom. The number of nitrogens with two attached hydrogens (primary N) is 1. The average molecular weight is 211 g/mol. The number of hydrazine groups is 1. The van der Waals surface area contributed by atoms with Crippen LogP contribution in [0.3, 0.4) is 0 Å². The van der Waals surface area contributed by atoms with E-state index >= 15 is 0 Å². The maximum atomic E-state index is 5.14. The van der Waals surface area contributed by atoms with Crippen molar-refractivity contribution in [3.05, 3.63) is 29.8 Å². The van der Waals surface area contributed by atoms with Crippen molar-refractivity contribution in [3.8, 4) is 0 Å². The SMILES string of the molecule is COCc1cccc(NC(=S)NN)c1.